The molecule has 11 rings (SSSR count). The Morgan fingerprint density at radius 1 is 0.434 bits per heavy atom. The molecule has 1 aliphatic rings. The fourth-order valence-electron chi connectivity index (χ4n) is 8.71. The van der Waals surface area contributed by atoms with Crippen molar-refractivity contribution >= 4 is 70.5 Å². The average Bonchev–Trinajstić information content (AvgIpc) is 3.86. The largest absolute Gasteiger partial charge is 0.456 e. The molecule has 0 radical (unpaired) electrons. The Morgan fingerprint density at radius 2 is 0.981 bits per heavy atom. The Labute approximate surface area is 311 Å². The molecule has 0 atom stereocenters. The highest BCUT2D eigenvalue weighted by molar-refractivity contribution is 7.25. The Hall–Kier alpha value is -6.42. The smallest absolute Gasteiger partial charge is 0.137 e. The third kappa shape index (κ3) is 4.57. The molecule has 0 spiro atoms. The molecule has 0 unspecified atom stereocenters. The molecule has 53 heavy (non-hydrogen) atoms. The summed E-state index contributed by atoms with van der Waals surface area (Å²) in [5.74, 6) is 0. The van der Waals surface area contributed by atoms with Crippen LogP contribution in [0.25, 0.3) is 64.4 Å². The zero-order chi connectivity index (χ0) is 35.1. The van der Waals surface area contributed by atoms with Gasteiger partial charge in [-0.3, -0.25) is 0 Å². The second kappa shape index (κ2) is 11.5. The molecule has 0 saturated carbocycles. The van der Waals surface area contributed by atoms with E-state index in [0.717, 1.165) is 39.0 Å². The molecule has 2 nitrogen and oxygen atoms in total. The van der Waals surface area contributed by atoms with E-state index in [4.69, 9.17) is 4.42 Å². The highest BCUT2D eigenvalue weighted by Gasteiger charge is 2.40. The van der Waals surface area contributed by atoms with Crippen molar-refractivity contribution in [2.45, 2.75) is 12.3 Å². The second-order valence-electron chi connectivity index (χ2n) is 14.2. The summed E-state index contributed by atoms with van der Waals surface area (Å²) in [7, 11) is 0. The van der Waals surface area contributed by atoms with E-state index in [-0.39, 0.29) is 5.41 Å². The molecule has 10 aromatic rings. The average molecular weight is 696 g/mol. The van der Waals surface area contributed by atoms with Crippen LogP contribution in [0.5, 0.6) is 0 Å². The summed E-state index contributed by atoms with van der Waals surface area (Å²) in [4.78, 5) is 2.35. The lowest BCUT2D eigenvalue weighted by Gasteiger charge is -2.28. The number of rotatable bonds is 5. The van der Waals surface area contributed by atoms with Crippen molar-refractivity contribution in [2.75, 3.05) is 4.90 Å². The van der Waals surface area contributed by atoms with Gasteiger partial charge in [0.05, 0.1) is 0 Å². The van der Waals surface area contributed by atoms with Crippen LogP contribution >= 0.6 is 11.3 Å². The van der Waals surface area contributed by atoms with Gasteiger partial charge in [-0.2, -0.15) is 0 Å². The molecule has 0 aliphatic heterocycles. The fourth-order valence-corrected chi connectivity index (χ4v) is 9.89. The van der Waals surface area contributed by atoms with E-state index in [1.165, 1.54) is 59.1 Å². The molecule has 0 N–H and O–H groups in total. The number of thiophene rings is 1. The molecule has 3 heteroatoms. The SMILES string of the molecule is CC1(c2ccc3c(c2)sc2cc(N(c4ccc(-c5ccccc5)cc4)c4ccc5c(c4)oc4ccccc45)ccc23)c2ccccc2-c2ccccc21. The van der Waals surface area contributed by atoms with Gasteiger partial charge >= 0.3 is 0 Å². The van der Waals surface area contributed by atoms with Crippen molar-refractivity contribution in [3.63, 3.8) is 0 Å². The minimum absolute atomic E-state index is 0.222. The molecular weight excluding hydrogens is 663 g/mol. The Morgan fingerprint density at radius 3 is 1.74 bits per heavy atom. The lowest BCUT2D eigenvalue weighted by atomic mass is 9.74. The van der Waals surface area contributed by atoms with Crippen LogP contribution in [0.15, 0.2) is 186 Å². The van der Waals surface area contributed by atoms with Gasteiger partial charge in [0.15, 0.2) is 0 Å². The number of para-hydroxylation sites is 1. The Balaban J connectivity index is 1.05. The first kappa shape index (κ1) is 30.2. The molecule has 1 aliphatic carbocycles. The van der Waals surface area contributed by atoms with E-state index in [9.17, 15) is 0 Å². The summed E-state index contributed by atoms with van der Waals surface area (Å²) in [6, 6.07) is 66.2. The standard InChI is InChI=1S/C50H33NOS/c1-50(44-16-8-5-13-38(44)39-14-6-9-17-45(39)50)34-21-26-42-43-28-25-37(31-49(43)53-48(42)29-34)51(35-22-19-33(20-23-35)32-11-3-2-4-12-32)36-24-27-41-40-15-7-10-18-46(40)52-47(41)30-36/h2-31H,1H3. The zero-order valence-corrected chi connectivity index (χ0v) is 29.9. The summed E-state index contributed by atoms with van der Waals surface area (Å²) in [6.45, 7) is 2.39. The molecule has 250 valence electrons. The van der Waals surface area contributed by atoms with Crippen LogP contribution in [0.3, 0.4) is 0 Å². The first-order chi connectivity index (χ1) is 26.1. The van der Waals surface area contributed by atoms with E-state index in [1.807, 2.05) is 23.5 Å². The van der Waals surface area contributed by atoms with Crippen molar-refractivity contribution in [3.05, 3.63) is 199 Å². The number of anilines is 3. The number of benzene rings is 8. The number of hydrogen-bond donors (Lipinski definition) is 0. The molecule has 0 bridgehead atoms. The number of nitrogens with zero attached hydrogens (tertiary/aromatic N) is 1. The van der Waals surface area contributed by atoms with Crippen molar-refractivity contribution in [3.8, 4) is 22.3 Å². The minimum atomic E-state index is -0.222. The predicted octanol–water partition coefficient (Wildman–Crippen LogP) is 14.4. The van der Waals surface area contributed by atoms with Crippen LogP contribution in [0, 0.1) is 0 Å². The zero-order valence-electron chi connectivity index (χ0n) is 29.1. The van der Waals surface area contributed by atoms with Crippen molar-refractivity contribution < 1.29 is 4.42 Å². The number of fused-ring (bicyclic) bond motifs is 9. The highest BCUT2D eigenvalue weighted by atomic mass is 32.1. The van der Waals surface area contributed by atoms with Crippen LogP contribution in [0.2, 0.25) is 0 Å². The molecule has 0 fully saturated rings. The van der Waals surface area contributed by atoms with Crippen LogP contribution < -0.4 is 4.90 Å². The monoisotopic (exact) mass is 695 g/mol. The van der Waals surface area contributed by atoms with Gasteiger partial charge in [-0.15, -0.1) is 11.3 Å². The summed E-state index contributed by atoms with van der Waals surface area (Å²) >= 11 is 1.88. The van der Waals surface area contributed by atoms with Crippen LogP contribution in [-0.2, 0) is 5.41 Å². The molecular formula is C50H33NOS. The van der Waals surface area contributed by atoms with Gasteiger partial charge in [0, 0.05) is 59.5 Å². The normalized spacial score (nSPS) is 13.2. The summed E-state index contributed by atoms with van der Waals surface area (Å²) < 4.78 is 8.96. The second-order valence-corrected chi connectivity index (χ2v) is 15.3. The number of furan rings is 1. The Kier molecular flexibility index (Phi) is 6.58. The van der Waals surface area contributed by atoms with Gasteiger partial charge in [-0.25, -0.2) is 0 Å². The summed E-state index contributed by atoms with van der Waals surface area (Å²) in [5.41, 5.74) is 14.0. The van der Waals surface area contributed by atoms with E-state index in [0.29, 0.717) is 0 Å². The summed E-state index contributed by atoms with van der Waals surface area (Å²) in [5, 5.41) is 4.84. The predicted molar refractivity (Wildman–Crippen MR) is 224 cm³/mol. The van der Waals surface area contributed by atoms with Gasteiger partial charge in [-0.1, -0.05) is 127 Å². The maximum atomic E-state index is 6.38. The van der Waals surface area contributed by atoms with Gasteiger partial charge < -0.3 is 9.32 Å². The quantitative estimate of drug-likeness (QED) is 0.178. The lowest BCUT2D eigenvalue weighted by molar-refractivity contribution is 0.669. The van der Waals surface area contributed by atoms with E-state index in [2.05, 4.69) is 182 Å². The van der Waals surface area contributed by atoms with Gasteiger partial charge in [0.25, 0.3) is 0 Å². The van der Waals surface area contributed by atoms with E-state index < -0.39 is 0 Å². The third-order valence-electron chi connectivity index (χ3n) is 11.4. The topological polar surface area (TPSA) is 16.4 Å². The van der Waals surface area contributed by atoms with Crippen molar-refractivity contribution in [1.29, 1.82) is 0 Å². The first-order valence-electron chi connectivity index (χ1n) is 18.2. The van der Waals surface area contributed by atoms with Crippen LogP contribution in [-0.4, -0.2) is 0 Å². The third-order valence-corrected chi connectivity index (χ3v) is 12.5. The molecule has 2 aromatic heterocycles. The molecule has 2 heterocycles. The van der Waals surface area contributed by atoms with Crippen molar-refractivity contribution in [1.82, 2.24) is 0 Å². The maximum absolute atomic E-state index is 6.38. The molecule has 0 amide bonds. The first-order valence-corrected chi connectivity index (χ1v) is 19.0. The Bertz CT molecular complexity index is 2980. The highest BCUT2D eigenvalue weighted by Crippen LogP contribution is 2.53. The van der Waals surface area contributed by atoms with Crippen molar-refractivity contribution in [2.24, 2.45) is 0 Å². The van der Waals surface area contributed by atoms with Gasteiger partial charge in [-0.05, 0) is 94.4 Å². The van der Waals surface area contributed by atoms with Gasteiger partial charge in [0.2, 0.25) is 0 Å². The summed E-state index contributed by atoms with van der Waals surface area (Å²) in [6.07, 6.45) is 0. The van der Waals surface area contributed by atoms with Crippen LogP contribution in [0.1, 0.15) is 23.6 Å². The van der Waals surface area contributed by atoms with Gasteiger partial charge in [0.1, 0.15) is 11.2 Å². The molecule has 0 saturated heterocycles. The minimum Gasteiger partial charge on any atom is -0.456 e. The van der Waals surface area contributed by atoms with E-state index in [1.54, 1.807) is 0 Å². The molecule has 8 aromatic carbocycles. The number of hydrogen-bond acceptors (Lipinski definition) is 3. The van der Waals surface area contributed by atoms with E-state index >= 15 is 0 Å². The maximum Gasteiger partial charge on any atom is 0.137 e. The lowest BCUT2D eigenvalue weighted by Crippen LogP contribution is -2.22. The fraction of sp³-hybridized carbons (Fsp3) is 0.0400. The van der Waals surface area contributed by atoms with Crippen LogP contribution in [0.4, 0.5) is 17.1 Å².